The van der Waals surface area contributed by atoms with Crippen LogP contribution in [-0.2, 0) is 4.74 Å². The summed E-state index contributed by atoms with van der Waals surface area (Å²) in [5, 5.41) is 3.28. The Morgan fingerprint density at radius 2 is 2.19 bits per heavy atom. The molecule has 5 nitrogen and oxygen atoms in total. The predicted octanol–water partition coefficient (Wildman–Crippen LogP) is 1.24. The molecule has 0 saturated carbocycles. The van der Waals surface area contributed by atoms with Crippen molar-refractivity contribution in [3.63, 3.8) is 0 Å². The Labute approximate surface area is 94.2 Å². The van der Waals surface area contributed by atoms with Crippen LogP contribution < -0.4 is 5.32 Å². The molecule has 0 spiro atoms. The van der Waals surface area contributed by atoms with Gasteiger partial charge in [0.25, 0.3) is 0 Å². The van der Waals surface area contributed by atoms with E-state index in [9.17, 15) is 4.79 Å². The van der Waals surface area contributed by atoms with E-state index in [1.54, 1.807) is 6.92 Å². The van der Waals surface area contributed by atoms with Crippen LogP contribution in [0.3, 0.4) is 0 Å². The Hall–Kier alpha value is -1.36. The maximum absolute atomic E-state index is 11.4. The lowest BCUT2D eigenvalue weighted by atomic mass is 9.98. The Kier molecular flexibility index (Phi) is 3.24. The first kappa shape index (κ1) is 11.1. The van der Waals surface area contributed by atoms with Gasteiger partial charge in [-0.25, -0.2) is 9.78 Å². The van der Waals surface area contributed by atoms with E-state index < -0.39 is 5.97 Å². The fraction of sp³-hybridized carbons (Fsp3) is 0.636. The lowest BCUT2D eigenvalue weighted by Crippen LogP contribution is -2.26. The Morgan fingerprint density at radius 3 is 2.81 bits per heavy atom. The predicted molar refractivity (Wildman–Crippen MR) is 57.4 cm³/mol. The first-order chi connectivity index (χ1) is 7.72. The summed E-state index contributed by atoms with van der Waals surface area (Å²) in [6, 6.07) is 0. The fourth-order valence-electron chi connectivity index (χ4n) is 1.95. The maximum Gasteiger partial charge on any atom is 0.360 e. The second-order valence-electron chi connectivity index (χ2n) is 3.97. The van der Waals surface area contributed by atoms with Gasteiger partial charge in [0.1, 0.15) is 5.76 Å². The van der Waals surface area contributed by atoms with Crippen LogP contribution >= 0.6 is 0 Å². The fourth-order valence-corrected chi connectivity index (χ4v) is 1.95. The summed E-state index contributed by atoms with van der Waals surface area (Å²) in [4.78, 5) is 15.6. The minimum absolute atomic E-state index is 0.302. The number of esters is 1. The van der Waals surface area contributed by atoms with E-state index in [-0.39, 0.29) is 0 Å². The van der Waals surface area contributed by atoms with Crippen molar-refractivity contribution < 1.29 is 13.9 Å². The van der Waals surface area contributed by atoms with Crippen LogP contribution in [-0.4, -0.2) is 31.2 Å². The number of oxazole rings is 1. The quantitative estimate of drug-likeness (QED) is 0.765. The number of aromatic nitrogens is 1. The summed E-state index contributed by atoms with van der Waals surface area (Å²) in [6.45, 7) is 3.68. The highest BCUT2D eigenvalue weighted by Gasteiger charge is 2.24. The second kappa shape index (κ2) is 4.65. The van der Waals surface area contributed by atoms with Crippen molar-refractivity contribution in [2.24, 2.45) is 0 Å². The topological polar surface area (TPSA) is 64.4 Å². The molecule has 1 fully saturated rings. The monoisotopic (exact) mass is 224 g/mol. The van der Waals surface area contributed by atoms with Crippen molar-refractivity contribution >= 4 is 5.97 Å². The first-order valence-electron chi connectivity index (χ1n) is 5.48. The van der Waals surface area contributed by atoms with Crippen molar-refractivity contribution in [1.82, 2.24) is 10.3 Å². The molecule has 0 atom stereocenters. The number of nitrogens with one attached hydrogen (secondary N) is 1. The van der Waals surface area contributed by atoms with Gasteiger partial charge in [-0.1, -0.05) is 0 Å². The molecule has 0 unspecified atom stereocenters. The van der Waals surface area contributed by atoms with Gasteiger partial charge in [0, 0.05) is 5.92 Å². The van der Waals surface area contributed by atoms with Crippen LogP contribution in [0.4, 0.5) is 0 Å². The van der Waals surface area contributed by atoms with Crippen molar-refractivity contribution in [1.29, 1.82) is 0 Å². The molecule has 1 aromatic rings. The van der Waals surface area contributed by atoms with Crippen molar-refractivity contribution in [3.05, 3.63) is 17.3 Å². The summed E-state index contributed by atoms with van der Waals surface area (Å²) >= 11 is 0. The highest BCUT2D eigenvalue weighted by molar-refractivity contribution is 5.88. The molecule has 2 heterocycles. The van der Waals surface area contributed by atoms with Crippen molar-refractivity contribution in [2.45, 2.75) is 25.7 Å². The number of carbonyl (C=O) groups is 1. The number of ether oxygens (including phenoxy) is 1. The second-order valence-corrected chi connectivity index (χ2v) is 3.97. The molecule has 1 saturated heterocycles. The van der Waals surface area contributed by atoms with Crippen molar-refractivity contribution in [3.8, 4) is 0 Å². The van der Waals surface area contributed by atoms with Gasteiger partial charge < -0.3 is 14.5 Å². The highest BCUT2D eigenvalue weighted by atomic mass is 16.5. The normalized spacial score (nSPS) is 17.4. The average molecular weight is 224 g/mol. The van der Waals surface area contributed by atoms with Crippen LogP contribution in [0.2, 0.25) is 0 Å². The van der Waals surface area contributed by atoms with Crippen LogP contribution in [0.15, 0.2) is 4.42 Å². The van der Waals surface area contributed by atoms with Crippen LogP contribution in [0, 0.1) is 6.92 Å². The molecule has 5 heteroatoms. The van der Waals surface area contributed by atoms with Gasteiger partial charge in [0.15, 0.2) is 11.6 Å². The third kappa shape index (κ3) is 2.09. The Morgan fingerprint density at radius 1 is 1.50 bits per heavy atom. The number of aryl methyl sites for hydroxylation is 1. The van der Waals surface area contributed by atoms with E-state index in [0.717, 1.165) is 25.9 Å². The van der Waals surface area contributed by atoms with Gasteiger partial charge >= 0.3 is 5.97 Å². The zero-order valence-corrected chi connectivity index (χ0v) is 9.58. The Balaban J connectivity index is 2.19. The van der Waals surface area contributed by atoms with E-state index in [4.69, 9.17) is 4.42 Å². The molecule has 0 amide bonds. The molecule has 1 aliphatic rings. The molecule has 0 aliphatic carbocycles. The van der Waals surface area contributed by atoms with Gasteiger partial charge in [0.05, 0.1) is 7.11 Å². The third-order valence-corrected chi connectivity index (χ3v) is 2.88. The number of hydrogen-bond donors (Lipinski definition) is 1. The lowest BCUT2D eigenvalue weighted by Gasteiger charge is -2.19. The molecule has 1 aromatic heterocycles. The number of rotatable bonds is 2. The number of carbonyl (C=O) groups excluding carboxylic acids is 1. The van der Waals surface area contributed by atoms with Gasteiger partial charge in [0.2, 0.25) is 0 Å². The molecule has 16 heavy (non-hydrogen) atoms. The standard InChI is InChI=1S/C11H16N2O3/c1-7-9(11(14)15-2)13-10(16-7)8-3-5-12-6-4-8/h8,12H,3-6H2,1-2H3. The molecular weight excluding hydrogens is 208 g/mol. The largest absolute Gasteiger partial charge is 0.464 e. The van der Waals surface area contributed by atoms with E-state index in [1.165, 1.54) is 7.11 Å². The number of hydrogen-bond acceptors (Lipinski definition) is 5. The molecule has 0 bridgehead atoms. The Bertz CT molecular complexity index is 381. The van der Waals surface area contributed by atoms with Gasteiger partial charge in [-0.05, 0) is 32.9 Å². The molecule has 2 rings (SSSR count). The minimum Gasteiger partial charge on any atom is -0.464 e. The molecule has 0 radical (unpaired) electrons. The average Bonchev–Trinajstić information content (AvgIpc) is 2.71. The van der Waals surface area contributed by atoms with Crippen LogP contribution in [0.1, 0.15) is 40.9 Å². The van der Waals surface area contributed by atoms with Crippen LogP contribution in [0.25, 0.3) is 0 Å². The van der Waals surface area contributed by atoms with Crippen LogP contribution in [0.5, 0.6) is 0 Å². The highest BCUT2D eigenvalue weighted by Crippen LogP contribution is 2.26. The lowest BCUT2D eigenvalue weighted by molar-refractivity contribution is 0.0593. The summed E-state index contributed by atoms with van der Waals surface area (Å²) in [6.07, 6.45) is 2.00. The summed E-state index contributed by atoms with van der Waals surface area (Å²) in [5.41, 5.74) is 0.302. The molecule has 0 aromatic carbocycles. The van der Waals surface area contributed by atoms with Gasteiger partial charge in [-0.3, -0.25) is 0 Å². The van der Waals surface area contributed by atoms with E-state index in [0.29, 0.717) is 23.3 Å². The molecule has 1 aliphatic heterocycles. The van der Waals surface area contributed by atoms with E-state index >= 15 is 0 Å². The minimum atomic E-state index is -0.429. The van der Waals surface area contributed by atoms with Gasteiger partial charge in [-0.15, -0.1) is 0 Å². The smallest absolute Gasteiger partial charge is 0.360 e. The molecular formula is C11H16N2O3. The van der Waals surface area contributed by atoms with Crippen molar-refractivity contribution in [2.75, 3.05) is 20.2 Å². The zero-order valence-electron chi connectivity index (χ0n) is 9.58. The number of methoxy groups -OCH3 is 1. The molecule has 88 valence electrons. The SMILES string of the molecule is COC(=O)c1nc(C2CCNCC2)oc1C. The summed E-state index contributed by atoms with van der Waals surface area (Å²) in [7, 11) is 1.35. The summed E-state index contributed by atoms with van der Waals surface area (Å²) < 4.78 is 10.2. The maximum atomic E-state index is 11.4. The molecule has 1 N–H and O–H groups in total. The third-order valence-electron chi connectivity index (χ3n) is 2.88. The van der Waals surface area contributed by atoms with E-state index in [2.05, 4.69) is 15.0 Å². The number of nitrogens with zero attached hydrogens (tertiary/aromatic N) is 1. The number of piperidine rings is 1. The first-order valence-corrected chi connectivity index (χ1v) is 5.48. The summed E-state index contributed by atoms with van der Waals surface area (Å²) in [5.74, 6) is 1.10. The van der Waals surface area contributed by atoms with Gasteiger partial charge in [-0.2, -0.15) is 0 Å². The zero-order chi connectivity index (χ0) is 11.5. The van der Waals surface area contributed by atoms with E-state index in [1.807, 2.05) is 0 Å².